The number of rotatable bonds is 10. The molecule has 0 radical (unpaired) electrons. The fourth-order valence-corrected chi connectivity index (χ4v) is 6.11. The van der Waals surface area contributed by atoms with Crippen LogP contribution in [0.15, 0.2) is 101 Å². The van der Waals surface area contributed by atoms with E-state index >= 15 is 0 Å². The molecule has 8 nitrogen and oxygen atoms in total. The first-order valence-corrected chi connectivity index (χ1v) is 16.2. The zero-order valence-electron chi connectivity index (χ0n) is 22.9. The standard InChI is InChI=1S/C31H34N2O6S2/c1-3-32-21-25-12-17-30(31(20-25)41(37,38)39)27-13-8-23(9-14-27)18-24-10-15-28(16-11-24)33(4-2)22-26-6-5-7-29(19-26)40(34,35)36/h5-20,31-32H,3-4,21-22H2,1-2H3,(H,34,35,36)(H,37,38,39). The number of likely N-dealkylation sites (N-methyl/N-ethyl adjacent to an activating group) is 1. The maximum atomic E-state index is 12.1. The van der Waals surface area contributed by atoms with Crippen LogP contribution < -0.4 is 20.7 Å². The van der Waals surface area contributed by atoms with Crippen molar-refractivity contribution in [3.05, 3.63) is 118 Å². The molecule has 0 aromatic heterocycles. The second kappa shape index (κ2) is 13.0. The minimum Gasteiger partial charge on any atom is -0.367 e. The lowest BCUT2D eigenvalue weighted by atomic mass is 9.99. The molecule has 1 aliphatic carbocycles. The molecule has 4 rings (SSSR count). The second-order valence-electron chi connectivity index (χ2n) is 9.74. The molecule has 1 aliphatic rings. The van der Waals surface area contributed by atoms with Gasteiger partial charge in [-0.15, -0.1) is 0 Å². The normalized spacial score (nSPS) is 15.5. The molecule has 0 aliphatic heterocycles. The molecule has 216 valence electrons. The van der Waals surface area contributed by atoms with Crippen LogP contribution >= 0.6 is 0 Å². The molecule has 0 spiro atoms. The van der Waals surface area contributed by atoms with Gasteiger partial charge in [-0.25, -0.2) is 0 Å². The van der Waals surface area contributed by atoms with Crippen molar-refractivity contribution in [2.45, 2.75) is 30.5 Å². The van der Waals surface area contributed by atoms with Crippen molar-refractivity contribution in [3.8, 4) is 0 Å². The maximum absolute atomic E-state index is 12.1. The van der Waals surface area contributed by atoms with E-state index in [1.165, 1.54) is 12.1 Å². The SMILES string of the molecule is CCNCC1=CC(S(=O)(=O)O)C(=c2ccc(=Cc3ccc(N(CC)Cc4cccc(S(=O)(=O)O)c4)cc3)cc2)C=C1. The number of allylic oxidation sites excluding steroid dienone is 1. The van der Waals surface area contributed by atoms with Gasteiger partial charge in [-0.1, -0.05) is 73.7 Å². The Morgan fingerprint density at radius 2 is 1.61 bits per heavy atom. The summed E-state index contributed by atoms with van der Waals surface area (Å²) in [6.07, 6.45) is 7.21. The Labute approximate surface area is 241 Å². The van der Waals surface area contributed by atoms with E-state index in [2.05, 4.69) is 10.2 Å². The molecule has 3 aromatic carbocycles. The zero-order valence-corrected chi connectivity index (χ0v) is 24.6. The molecule has 0 amide bonds. The van der Waals surface area contributed by atoms with Gasteiger partial charge in [-0.3, -0.25) is 9.11 Å². The number of benzene rings is 3. The van der Waals surface area contributed by atoms with Gasteiger partial charge < -0.3 is 10.2 Å². The van der Waals surface area contributed by atoms with E-state index in [1.54, 1.807) is 18.2 Å². The van der Waals surface area contributed by atoms with Crippen LogP contribution in [0.5, 0.6) is 0 Å². The smallest absolute Gasteiger partial charge is 0.294 e. The molecule has 41 heavy (non-hydrogen) atoms. The van der Waals surface area contributed by atoms with Crippen molar-refractivity contribution >= 4 is 37.6 Å². The molecule has 0 saturated carbocycles. The summed E-state index contributed by atoms with van der Waals surface area (Å²) in [5.41, 5.74) is 4.03. The molecule has 1 unspecified atom stereocenters. The predicted molar refractivity (Wildman–Crippen MR) is 163 cm³/mol. The van der Waals surface area contributed by atoms with Crippen LogP contribution in [0.4, 0.5) is 5.69 Å². The monoisotopic (exact) mass is 594 g/mol. The number of anilines is 1. The largest absolute Gasteiger partial charge is 0.367 e. The third-order valence-corrected chi connectivity index (χ3v) is 8.72. The molecule has 0 bridgehead atoms. The van der Waals surface area contributed by atoms with E-state index in [9.17, 15) is 25.9 Å². The number of nitrogens with zero attached hydrogens (tertiary/aromatic N) is 1. The van der Waals surface area contributed by atoms with Gasteiger partial charge in [0.25, 0.3) is 20.2 Å². The average Bonchev–Trinajstić information content (AvgIpc) is 2.95. The molecule has 0 heterocycles. The zero-order chi connectivity index (χ0) is 29.6. The average molecular weight is 595 g/mol. The van der Waals surface area contributed by atoms with Crippen LogP contribution in [0, 0.1) is 0 Å². The lowest BCUT2D eigenvalue weighted by molar-refractivity contribution is 0.480. The summed E-state index contributed by atoms with van der Waals surface area (Å²) in [5.74, 6) is 0. The molecule has 0 fully saturated rings. The van der Waals surface area contributed by atoms with Crippen molar-refractivity contribution in [1.29, 1.82) is 0 Å². The minimum absolute atomic E-state index is 0.126. The maximum Gasteiger partial charge on any atom is 0.294 e. The summed E-state index contributed by atoms with van der Waals surface area (Å²) in [5, 5.41) is 3.69. The first-order chi connectivity index (χ1) is 19.5. The molecular formula is C31H34N2O6S2. The van der Waals surface area contributed by atoms with Gasteiger partial charge in [-0.2, -0.15) is 16.8 Å². The van der Waals surface area contributed by atoms with Crippen molar-refractivity contribution < 1.29 is 25.9 Å². The summed E-state index contributed by atoms with van der Waals surface area (Å²) in [6.45, 7) is 6.44. The highest BCUT2D eigenvalue weighted by molar-refractivity contribution is 7.87. The lowest BCUT2D eigenvalue weighted by Gasteiger charge is -2.23. The molecule has 1 atom stereocenters. The molecule has 0 saturated heterocycles. The Hall–Kier alpha value is -3.54. The Bertz CT molecular complexity index is 1770. The highest BCUT2D eigenvalue weighted by Crippen LogP contribution is 2.22. The van der Waals surface area contributed by atoms with Crippen LogP contribution in [0.2, 0.25) is 0 Å². The number of nitrogens with one attached hydrogen (secondary N) is 1. The van der Waals surface area contributed by atoms with Gasteiger partial charge in [-0.05, 0) is 76.5 Å². The summed E-state index contributed by atoms with van der Waals surface area (Å²) in [7, 11) is -8.59. The fourth-order valence-electron chi connectivity index (χ4n) is 4.68. The summed E-state index contributed by atoms with van der Waals surface area (Å²) < 4.78 is 66.5. The van der Waals surface area contributed by atoms with Crippen molar-refractivity contribution in [3.63, 3.8) is 0 Å². The quantitative estimate of drug-likeness (QED) is 0.306. The summed E-state index contributed by atoms with van der Waals surface area (Å²) >= 11 is 0. The van der Waals surface area contributed by atoms with E-state index in [0.717, 1.165) is 34.2 Å². The third kappa shape index (κ3) is 8.02. The number of hydrogen-bond acceptors (Lipinski definition) is 6. The molecular weight excluding hydrogens is 560 g/mol. The Kier molecular flexibility index (Phi) is 9.62. The first-order valence-electron chi connectivity index (χ1n) is 13.3. The van der Waals surface area contributed by atoms with E-state index in [4.69, 9.17) is 0 Å². The van der Waals surface area contributed by atoms with Crippen molar-refractivity contribution in [1.82, 2.24) is 5.32 Å². The van der Waals surface area contributed by atoms with E-state index < -0.39 is 25.5 Å². The van der Waals surface area contributed by atoms with E-state index in [-0.39, 0.29) is 4.90 Å². The Morgan fingerprint density at radius 3 is 2.22 bits per heavy atom. The van der Waals surface area contributed by atoms with Gasteiger partial charge in [0.05, 0.1) is 4.90 Å². The van der Waals surface area contributed by atoms with Gasteiger partial charge in [0.15, 0.2) is 0 Å². The van der Waals surface area contributed by atoms with Gasteiger partial charge >= 0.3 is 0 Å². The van der Waals surface area contributed by atoms with Crippen LogP contribution in [-0.4, -0.2) is 50.8 Å². The second-order valence-corrected chi connectivity index (χ2v) is 12.7. The van der Waals surface area contributed by atoms with Crippen LogP contribution in [0.3, 0.4) is 0 Å². The molecule has 10 heteroatoms. The van der Waals surface area contributed by atoms with Gasteiger partial charge in [0, 0.05) is 25.3 Å². The Balaban J connectivity index is 1.55. The summed E-state index contributed by atoms with van der Waals surface area (Å²) in [6, 6.07) is 21.7. The minimum atomic E-state index is -4.32. The van der Waals surface area contributed by atoms with E-state index in [0.29, 0.717) is 30.4 Å². The van der Waals surface area contributed by atoms with Crippen molar-refractivity contribution in [2.24, 2.45) is 0 Å². The highest BCUT2D eigenvalue weighted by atomic mass is 32.2. The number of hydrogen-bond donors (Lipinski definition) is 3. The lowest BCUT2D eigenvalue weighted by Crippen LogP contribution is -2.28. The third-order valence-electron chi connectivity index (χ3n) is 6.84. The fraction of sp³-hybridized carbons (Fsp3) is 0.226. The summed E-state index contributed by atoms with van der Waals surface area (Å²) in [4.78, 5) is 1.97. The van der Waals surface area contributed by atoms with Crippen LogP contribution in [0.25, 0.3) is 11.6 Å². The Morgan fingerprint density at radius 1 is 0.902 bits per heavy atom. The first kappa shape index (κ1) is 30.4. The highest BCUT2D eigenvalue weighted by Gasteiger charge is 2.26. The van der Waals surface area contributed by atoms with E-state index in [1.807, 2.05) is 80.6 Å². The van der Waals surface area contributed by atoms with Gasteiger partial charge in [0.1, 0.15) is 5.25 Å². The molecule has 3 N–H and O–H groups in total. The predicted octanol–water partition coefficient (Wildman–Crippen LogP) is 3.30. The van der Waals surface area contributed by atoms with Crippen molar-refractivity contribution in [2.75, 3.05) is 24.5 Å². The molecule has 3 aromatic rings. The van der Waals surface area contributed by atoms with Gasteiger partial charge in [0.2, 0.25) is 0 Å². The van der Waals surface area contributed by atoms with Crippen LogP contribution in [0.1, 0.15) is 25.0 Å². The topological polar surface area (TPSA) is 124 Å². The van der Waals surface area contributed by atoms with Crippen LogP contribution in [-0.2, 0) is 26.8 Å².